The largest absolute Gasteiger partial charge is 0.451 e. The van der Waals surface area contributed by atoms with Crippen molar-refractivity contribution in [1.82, 2.24) is 0 Å². The first-order valence-corrected chi connectivity index (χ1v) is 10.8. The van der Waals surface area contributed by atoms with Crippen LogP contribution in [-0.2, 0) is 14.3 Å². The molecule has 0 saturated heterocycles. The van der Waals surface area contributed by atoms with E-state index in [-0.39, 0.29) is 22.6 Å². The SMILES string of the molecule is CC(=O)O[C@]1(C(C)=O)CC[C@H]2[C@@H]3C=C(C)C4=CCCC[C@]4(C)[C@H]3CC[C@@]21C. The number of Topliss-reactive ketones (excluding diaryl/α,β-unsaturated/α-hetero) is 1. The summed E-state index contributed by atoms with van der Waals surface area (Å²) in [6.07, 6.45) is 12.5. The molecule has 0 N–H and O–H groups in total. The maximum absolute atomic E-state index is 12.8. The van der Waals surface area contributed by atoms with Gasteiger partial charge in [0.05, 0.1) is 0 Å². The van der Waals surface area contributed by atoms with Crippen molar-refractivity contribution in [3.8, 4) is 0 Å². The van der Waals surface area contributed by atoms with Gasteiger partial charge in [-0.05, 0) is 87.5 Å². The van der Waals surface area contributed by atoms with Crippen LogP contribution in [0.25, 0.3) is 0 Å². The molecule has 0 heterocycles. The Bertz CT molecular complexity index is 747. The molecule has 0 aromatic heterocycles. The van der Waals surface area contributed by atoms with Gasteiger partial charge in [0.15, 0.2) is 11.4 Å². The van der Waals surface area contributed by atoms with Gasteiger partial charge in [0.2, 0.25) is 0 Å². The van der Waals surface area contributed by atoms with E-state index in [2.05, 4.69) is 32.9 Å². The van der Waals surface area contributed by atoms with Crippen molar-refractivity contribution in [3.63, 3.8) is 0 Å². The molecule has 0 aromatic rings. The van der Waals surface area contributed by atoms with Crippen molar-refractivity contribution in [2.75, 3.05) is 0 Å². The number of hydrogen-bond acceptors (Lipinski definition) is 3. The van der Waals surface area contributed by atoms with Crippen LogP contribution in [0.3, 0.4) is 0 Å². The molecule has 3 nitrogen and oxygen atoms in total. The Labute approximate surface area is 163 Å². The van der Waals surface area contributed by atoms with Gasteiger partial charge in [0.25, 0.3) is 0 Å². The van der Waals surface area contributed by atoms with Gasteiger partial charge in [-0.25, -0.2) is 0 Å². The Morgan fingerprint density at radius 3 is 2.44 bits per heavy atom. The van der Waals surface area contributed by atoms with E-state index in [4.69, 9.17) is 4.74 Å². The van der Waals surface area contributed by atoms with E-state index < -0.39 is 5.60 Å². The highest BCUT2D eigenvalue weighted by molar-refractivity contribution is 5.89. The predicted octanol–water partition coefficient (Wildman–Crippen LogP) is 5.40. The third-order valence-corrected chi connectivity index (χ3v) is 8.89. The lowest BCUT2D eigenvalue weighted by molar-refractivity contribution is -0.185. The van der Waals surface area contributed by atoms with Crippen LogP contribution in [0.5, 0.6) is 0 Å². The lowest BCUT2D eigenvalue weighted by atomic mass is 9.47. The molecule has 4 rings (SSSR count). The van der Waals surface area contributed by atoms with Gasteiger partial charge < -0.3 is 4.74 Å². The first-order chi connectivity index (χ1) is 12.7. The Hall–Kier alpha value is -1.38. The van der Waals surface area contributed by atoms with Crippen molar-refractivity contribution in [2.45, 2.75) is 85.2 Å². The minimum absolute atomic E-state index is 0.0297. The lowest BCUT2D eigenvalue weighted by Crippen LogP contribution is -2.58. The highest BCUT2D eigenvalue weighted by atomic mass is 16.6. The number of rotatable bonds is 2. The summed E-state index contributed by atoms with van der Waals surface area (Å²) in [5.41, 5.74) is 2.10. The van der Waals surface area contributed by atoms with Gasteiger partial charge in [-0.3, -0.25) is 9.59 Å². The van der Waals surface area contributed by atoms with Crippen molar-refractivity contribution in [3.05, 3.63) is 23.3 Å². The molecule has 4 aliphatic rings. The van der Waals surface area contributed by atoms with Gasteiger partial charge in [-0.1, -0.05) is 31.6 Å². The van der Waals surface area contributed by atoms with Crippen molar-refractivity contribution in [1.29, 1.82) is 0 Å². The molecular weight excluding hydrogens is 336 g/mol. The second-order valence-electron chi connectivity index (χ2n) is 10.0. The van der Waals surface area contributed by atoms with Gasteiger partial charge >= 0.3 is 5.97 Å². The molecule has 0 aliphatic heterocycles. The highest BCUT2D eigenvalue weighted by Crippen LogP contribution is 2.67. The maximum Gasteiger partial charge on any atom is 0.303 e. The number of hydrogen-bond donors (Lipinski definition) is 0. The van der Waals surface area contributed by atoms with Crippen LogP contribution in [0.4, 0.5) is 0 Å². The minimum Gasteiger partial charge on any atom is -0.451 e. The molecular formula is C24H34O3. The highest BCUT2D eigenvalue weighted by Gasteiger charge is 2.67. The van der Waals surface area contributed by atoms with Crippen molar-refractivity contribution >= 4 is 11.8 Å². The van der Waals surface area contributed by atoms with Crippen LogP contribution < -0.4 is 0 Å². The van der Waals surface area contributed by atoms with E-state index >= 15 is 0 Å². The third-order valence-electron chi connectivity index (χ3n) is 8.89. The van der Waals surface area contributed by atoms with Crippen molar-refractivity contribution < 1.29 is 14.3 Å². The van der Waals surface area contributed by atoms with Crippen LogP contribution in [-0.4, -0.2) is 17.4 Å². The number of carbonyl (C=O) groups excluding carboxylic acids is 2. The Morgan fingerprint density at radius 2 is 1.78 bits per heavy atom. The molecule has 148 valence electrons. The van der Waals surface area contributed by atoms with E-state index in [0.29, 0.717) is 24.2 Å². The Morgan fingerprint density at radius 1 is 1.07 bits per heavy atom. The predicted molar refractivity (Wildman–Crippen MR) is 106 cm³/mol. The molecule has 6 atom stereocenters. The van der Waals surface area contributed by atoms with E-state index in [9.17, 15) is 9.59 Å². The summed E-state index contributed by atoms with van der Waals surface area (Å²) < 4.78 is 5.85. The number of fused-ring (bicyclic) bond motifs is 5. The van der Waals surface area contributed by atoms with Crippen LogP contribution in [0.15, 0.2) is 23.3 Å². The molecule has 4 aliphatic carbocycles. The standard InChI is InChI=1S/C24H34O3/c1-15-14-18-20(22(4)11-7-6-8-19(15)22)9-12-23(5)21(18)10-13-24(23,16(2)25)27-17(3)26/h8,14,18,20-21H,6-7,9-13H2,1-5H3/t18-,20+,21+,22+,23+,24+/m1/s1. The monoisotopic (exact) mass is 370 g/mol. The van der Waals surface area contributed by atoms with Crippen molar-refractivity contribution in [2.24, 2.45) is 28.6 Å². The van der Waals surface area contributed by atoms with Crippen LogP contribution >= 0.6 is 0 Å². The maximum atomic E-state index is 12.8. The van der Waals surface area contributed by atoms with E-state index in [0.717, 1.165) is 19.3 Å². The Kier molecular flexibility index (Phi) is 4.25. The topological polar surface area (TPSA) is 43.4 Å². The number of carbonyl (C=O) groups is 2. The second kappa shape index (κ2) is 6.06. The fraction of sp³-hybridized carbons (Fsp3) is 0.750. The first kappa shape index (κ1) is 19.0. The molecule has 3 heteroatoms. The molecule has 0 unspecified atom stereocenters. The molecule has 0 amide bonds. The van der Waals surface area contributed by atoms with Gasteiger partial charge in [-0.2, -0.15) is 0 Å². The molecule has 0 radical (unpaired) electrons. The van der Waals surface area contributed by atoms with Crippen LogP contribution in [0.1, 0.15) is 79.6 Å². The molecule has 0 aromatic carbocycles. The fourth-order valence-electron chi connectivity index (χ4n) is 7.69. The van der Waals surface area contributed by atoms with E-state index in [1.807, 2.05) is 0 Å². The average Bonchev–Trinajstić information content (AvgIpc) is 2.88. The zero-order valence-electron chi connectivity index (χ0n) is 17.6. The first-order valence-electron chi connectivity index (χ1n) is 10.8. The normalized spacial score (nSPS) is 45.7. The summed E-state index contributed by atoms with van der Waals surface area (Å²) >= 11 is 0. The van der Waals surface area contributed by atoms with E-state index in [1.165, 1.54) is 31.8 Å². The number of ether oxygens (including phenoxy) is 1. The summed E-state index contributed by atoms with van der Waals surface area (Å²) in [6, 6.07) is 0. The number of esters is 1. The fourth-order valence-corrected chi connectivity index (χ4v) is 7.69. The molecule has 0 spiro atoms. The summed E-state index contributed by atoms with van der Waals surface area (Å²) in [4.78, 5) is 24.7. The minimum atomic E-state index is -0.931. The lowest BCUT2D eigenvalue weighted by Gasteiger charge is -2.58. The smallest absolute Gasteiger partial charge is 0.303 e. The summed E-state index contributed by atoms with van der Waals surface area (Å²) in [6.45, 7) is 10.0. The summed E-state index contributed by atoms with van der Waals surface area (Å²) in [5, 5.41) is 0. The summed E-state index contributed by atoms with van der Waals surface area (Å²) in [5.74, 6) is 1.25. The quantitative estimate of drug-likeness (QED) is 0.612. The zero-order valence-corrected chi connectivity index (χ0v) is 17.6. The molecule has 27 heavy (non-hydrogen) atoms. The second-order valence-corrected chi connectivity index (χ2v) is 10.0. The van der Waals surface area contributed by atoms with Crippen LogP contribution in [0, 0.1) is 28.6 Å². The zero-order chi connectivity index (χ0) is 19.6. The number of allylic oxidation sites excluding steroid dienone is 4. The summed E-state index contributed by atoms with van der Waals surface area (Å²) in [7, 11) is 0. The third kappa shape index (κ3) is 2.39. The van der Waals surface area contributed by atoms with E-state index in [1.54, 1.807) is 12.5 Å². The van der Waals surface area contributed by atoms with Gasteiger partial charge in [0.1, 0.15) is 0 Å². The van der Waals surface area contributed by atoms with Crippen LogP contribution in [0.2, 0.25) is 0 Å². The van der Waals surface area contributed by atoms with Gasteiger partial charge in [0, 0.05) is 12.3 Å². The molecule has 2 saturated carbocycles. The number of ketones is 1. The Balaban J connectivity index is 1.78. The molecule has 2 fully saturated rings. The average molecular weight is 371 g/mol. The molecule has 0 bridgehead atoms. The van der Waals surface area contributed by atoms with Gasteiger partial charge in [-0.15, -0.1) is 0 Å².